The molecule has 8 radical (unpaired) electrons. The average molecular weight is 244 g/mol. The third kappa shape index (κ3) is 64.5. The molecule has 34 valence electrons. The zero-order valence-corrected chi connectivity index (χ0v) is 26.6. The molecule has 0 spiro atoms. The molecule has 0 fully saturated rings. The first kappa shape index (κ1) is 59.8. The molecule has 0 aromatic heterocycles. The van der Waals surface area contributed by atoms with Crippen molar-refractivity contribution in [3.63, 3.8) is 0 Å². The standard InChI is InChI=1S/C2H8N2.8Na/c3-1-2-4;;;;;;;;/h1-4H2;;;;;;;;. The van der Waals surface area contributed by atoms with Crippen LogP contribution >= 0.6 is 0 Å². The minimum absolute atomic E-state index is 0. The van der Waals surface area contributed by atoms with Crippen molar-refractivity contribution in [2.75, 3.05) is 13.1 Å². The van der Waals surface area contributed by atoms with Gasteiger partial charge < -0.3 is 11.5 Å². The Kier molecular flexibility index (Phi) is 308. The SMILES string of the molecule is NCCN.[Na].[Na].[Na].[Na].[Na].[Na].[Na].[Na]. The van der Waals surface area contributed by atoms with Gasteiger partial charge in [-0.1, -0.05) is 0 Å². The molecule has 0 aliphatic carbocycles. The topological polar surface area (TPSA) is 52.0 Å². The van der Waals surface area contributed by atoms with Crippen molar-refractivity contribution in [3.05, 3.63) is 0 Å². The van der Waals surface area contributed by atoms with Crippen molar-refractivity contribution >= 4 is 236 Å². The molecular formula is C2H8N2Na8. The Morgan fingerprint density at radius 2 is 0.500 bits per heavy atom. The van der Waals surface area contributed by atoms with Gasteiger partial charge in [-0.3, -0.25) is 0 Å². The zero-order chi connectivity index (χ0) is 3.41. The van der Waals surface area contributed by atoms with Gasteiger partial charge in [0.25, 0.3) is 0 Å². The van der Waals surface area contributed by atoms with E-state index < -0.39 is 0 Å². The Balaban J connectivity index is -0.00000000161. The Morgan fingerprint density at radius 3 is 0.500 bits per heavy atom. The molecule has 0 atom stereocenters. The second-order valence-corrected chi connectivity index (χ2v) is 0.577. The summed E-state index contributed by atoms with van der Waals surface area (Å²) in [5.41, 5.74) is 9.81. The fraction of sp³-hybridized carbons (Fsp3) is 1.00. The monoisotopic (exact) mass is 244 g/mol. The van der Waals surface area contributed by atoms with Gasteiger partial charge in [0, 0.05) is 250 Å². The van der Waals surface area contributed by atoms with E-state index in [1.165, 1.54) is 0 Å². The van der Waals surface area contributed by atoms with Gasteiger partial charge in [0.2, 0.25) is 0 Å². The predicted molar refractivity (Wildman–Crippen MR) is 64.1 cm³/mol. The van der Waals surface area contributed by atoms with Crippen LogP contribution in [0.3, 0.4) is 0 Å². The molecule has 0 aromatic rings. The Labute approximate surface area is 253 Å². The van der Waals surface area contributed by atoms with Gasteiger partial charge in [-0.05, 0) is 0 Å². The minimum atomic E-state index is 0. The first-order chi connectivity index (χ1) is 1.91. The van der Waals surface area contributed by atoms with Crippen LogP contribution in [0.25, 0.3) is 0 Å². The summed E-state index contributed by atoms with van der Waals surface area (Å²) in [5, 5.41) is 0. The van der Waals surface area contributed by atoms with Gasteiger partial charge in [0.15, 0.2) is 0 Å². The fourth-order valence-electron chi connectivity index (χ4n) is 0. The summed E-state index contributed by atoms with van der Waals surface area (Å²) < 4.78 is 0. The van der Waals surface area contributed by atoms with Gasteiger partial charge in [-0.2, -0.15) is 0 Å². The largest absolute Gasteiger partial charge is 0.329 e. The van der Waals surface area contributed by atoms with E-state index in [4.69, 9.17) is 11.5 Å². The maximum absolute atomic E-state index is 4.90. The van der Waals surface area contributed by atoms with Crippen LogP contribution in [-0.2, 0) is 0 Å². The van der Waals surface area contributed by atoms with Crippen LogP contribution in [0.1, 0.15) is 0 Å². The van der Waals surface area contributed by atoms with Crippen LogP contribution in [-0.4, -0.2) is 250 Å². The summed E-state index contributed by atoms with van der Waals surface area (Å²) in [4.78, 5) is 0. The molecular weight excluding hydrogens is 236 g/mol. The first-order valence-electron chi connectivity index (χ1n) is 1.32. The molecule has 0 saturated heterocycles. The molecule has 0 heterocycles. The summed E-state index contributed by atoms with van der Waals surface area (Å²) in [6.45, 7) is 1.19. The van der Waals surface area contributed by atoms with E-state index in [1.54, 1.807) is 0 Å². The molecule has 0 amide bonds. The van der Waals surface area contributed by atoms with Crippen molar-refractivity contribution in [1.29, 1.82) is 0 Å². The normalized spacial score (nSPS) is 2.50. The van der Waals surface area contributed by atoms with Crippen LogP contribution in [0, 0.1) is 0 Å². The third-order valence-electron chi connectivity index (χ3n) is 0.167. The molecule has 12 heavy (non-hydrogen) atoms. The van der Waals surface area contributed by atoms with Crippen LogP contribution in [0.5, 0.6) is 0 Å². The van der Waals surface area contributed by atoms with E-state index in [0.717, 1.165) is 0 Å². The van der Waals surface area contributed by atoms with Crippen molar-refractivity contribution < 1.29 is 0 Å². The van der Waals surface area contributed by atoms with Crippen LogP contribution in [0.15, 0.2) is 0 Å². The first-order valence-corrected chi connectivity index (χ1v) is 1.32. The van der Waals surface area contributed by atoms with E-state index in [1.807, 2.05) is 0 Å². The van der Waals surface area contributed by atoms with Crippen molar-refractivity contribution in [2.45, 2.75) is 0 Å². The Hall–Kier alpha value is 7.92. The van der Waals surface area contributed by atoms with Crippen molar-refractivity contribution in [1.82, 2.24) is 0 Å². The van der Waals surface area contributed by atoms with Gasteiger partial charge in [-0.25, -0.2) is 0 Å². The van der Waals surface area contributed by atoms with E-state index in [9.17, 15) is 0 Å². The molecule has 0 aliphatic rings. The van der Waals surface area contributed by atoms with Gasteiger partial charge >= 0.3 is 0 Å². The van der Waals surface area contributed by atoms with E-state index in [-0.39, 0.29) is 236 Å². The molecule has 2 nitrogen and oxygen atoms in total. The minimum Gasteiger partial charge on any atom is -0.329 e. The quantitative estimate of drug-likeness (QED) is 0.460. The van der Waals surface area contributed by atoms with Gasteiger partial charge in [0.1, 0.15) is 0 Å². The number of hydrogen-bond donors (Lipinski definition) is 2. The molecule has 0 saturated carbocycles. The van der Waals surface area contributed by atoms with Crippen LogP contribution in [0.4, 0.5) is 0 Å². The number of hydrogen-bond acceptors (Lipinski definition) is 2. The number of rotatable bonds is 1. The van der Waals surface area contributed by atoms with E-state index in [0.29, 0.717) is 13.1 Å². The fourth-order valence-corrected chi connectivity index (χ4v) is 0. The summed E-state index contributed by atoms with van der Waals surface area (Å²) in [6, 6.07) is 0. The van der Waals surface area contributed by atoms with Crippen LogP contribution in [0.2, 0.25) is 0 Å². The summed E-state index contributed by atoms with van der Waals surface area (Å²) in [5.74, 6) is 0. The predicted octanol–water partition coefficient (Wildman–Crippen LogP) is -4.14. The molecule has 0 bridgehead atoms. The maximum Gasteiger partial charge on any atom is 0.00461 e. The van der Waals surface area contributed by atoms with Crippen molar-refractivity contribution in [2.24, 2.45) is 11.5 Å². The molecule has 0 aliphatic heterocycles. The molecule has 0 aromatic carbocycles. The van der Waals surface area contributed by atoms with Crippen molar-refractivity contribution in [3.8, 4) is 0 Å². The molecule has 4 N–H and O–H groups in total. The summed E-state index contributed by atoms with van der Waals surface area (Å²) in [7, 11) is 0. The summed E-state index contributed by atoms with van der Waals surface area (Å²) in [6.07, 6.45) is 0. The maximum atomic E-state index is 4.90. The van der Waals surface area contributed by atoms with E-state index in [2.05, 4.69) is 0 Å². The smallest absolute Gasteiger partial charge is 0.00461 e. The molecule has 0 unspecified atom stereocenters. The van der Waals surface area contributed by atoms with Gasteiger partial charge in [0.05, 0.1) is 0 Å². The van der Waals surface area contributed by atoms with Gasteiger partial charge in [-0.15, -0.1) is 0 Å². The Bertz CT molecular complexity index is 17.0. The average Bonchev–Trinajstić information content (AvgIpc) is 1.37. The zero-order valence-electron chi connectivity index (χ0n) is 10.6. The van der Waals surface area contributed by atoms with E-state index >= 15 is 0 Å². The molecule has 0 rings (SSSR count). The Morgan fingerprint density at radius 1 is 0.417 bits per heavy atom. The molecule has 10 heteroatoms. The number of nitrogens with two attached hydrogens (primary N) is 2. The second-order valence-electron chi connectivity index (χ2n) is 0.577. The second kappa shape index (κ2) is 61.7. The summed E-state index contributed by atoms with van der Waals surface area (Å²) >= 11 is 0. The third-order valence-corrected chi connectivity index (χ3v) is 0.167. The van der Waals surface area contributed by atoms with Crippen LogP contribution < -0.4 is 11.5 Å².